The topological polar surface area (TPSA) is 89.4 Å². The van der Waals surface area contributed by atoms with Crippen LogP contribution >= 0.6 is 0 Å². The number of fused-ring (bicyclic) bond motifs is 1. The van der Waals surface area contributed by atoms with Gasteiger partial charge < -0.3 is 10.1 Å². The van der Waals surface area contributed by atoms with Gasteiger partial charge in [-0.05, 0) is 35.9 Å². The van der Waals surface area contributed by atoms with Crippen molar-refractivity contribution in [1.29, 1.82) is 0 Å². The zero-order valence-electron chi connectivity index (χ0n) is 18.6. The number of ether oxygens (including phenoxy) is 1. The summed E-state index contributed by atoms with van der Waals surface area (Å²) in [5, 5.41) is 11.0. The first-order valence-corrected chi connectivity index (χ1v) is 10.8. The number of nitrogens with one attached hydrogen (secondary N) is 1. The fourth-order valence-electron chi connectivity index (χ4n) is 3.73. The third kappa shape index (κ3) is 5.10. The van der Waals surface area contributed by atoms with Crippen LogP contribution in [0.15, 0.2) is 78.9 Å². The summed E-state index contributed by atoms with van der Waals surface area (Å²) in [6.07, 6.45) is 0. The summed E-state index contributed by atoms with van der Waals surface area (Å²) in [6, 6.07) is 20.7. The summed E-state index contributed by atoms with van der Waals surface area (Å²) in [5.74, 6) is -1.38. The number of anilines is 1. The molecule has 0 aliphatic heterocycles. The van der Waals surface area contributed by atoms with Crippen molar-refractivity contribution in [2.75, 3.05) is 25.2 Å². The number of carbonyl (C=O) groups excluding carboxylic acids is 2. The molecule has 3 aromatic carbocycles. The van der Waals surface area contributed by atoms with E-state index in [1.807, 2.05) is 18.2 Å². The lowest BCUT2D eigenvalue weighted by molar-refractivity contribution is -0.127. The molecule has 2 amide bonds. The summed E-state index contributed by atoms with van der Waals surface area (Å²) in [7, 11) is 1.53. The molecule has 0 radical (unpaired) electrons. The maximum Gasteiger partial charge on any atom is 0.249 e. The number of para-hydroxylation sites is 1. The molecule has 9 heteroatoms. The Balaban J connectivity index is 1.76. The Morgan fingerprint density at radius 3 is 2.59 bits per heavy atom. The molecule has 1 atom stereocenters. The normalized spacial score (nSPS) is 11.8. The molecule has 4 rings (SSSR count). The van der Waals surface area contributed by atoms with Gasteiger partial charge in [0.15, 0.2) is 0 Å². The number of benzene rings is 3. The minimum Gasteiger partial charge on any atom is -0.383 e. The Bertz CT molecular complexity index is 1280. The van der Waals surface area contributed by atoms with Crippen LogP contribution in [0.1, 0.15) is 11.6 Å². The highest BCUT2D eigenvalue weighted by molar-refractivity contribution is 6.01. The van der Waals surface area contributed by atoms with E-state index in [4.69, 9.17) is 4.74 Å². The van der Waals surface area contributed by atoms with Crippen molar-refractivity contribution in [1.82, 2.24) is 20.3 Å². The van der Waals surface area contributed by atoms with Crippen LogP contribution < -0.4 is 10.2 Å². The number of nitrogens with zero attached hydrogens (tertiary/aromatic N) is 4. The number of amides is 2. The van der Waals surface area contributed by atoms with E-state index in [0.29, 0.717) is 23.2 Å². The van der Waals surface area contributed by atoms with E-state index in [1.54, 1.807) is 42.5 Å². The maximum absolute atomic E-state index is 14.2. The zero-order chi connectivity index (χ0) is 23.9. The Labute approximate surface area is 195 Å². The summed E-state index contributed by atoms with van der Waals surface area (Å²) in [5.41, 5.74) is 2.16. The number of aromatic nitrogens is 3. The van der Waals surface area contributed by atoms with Gasteiger partial charge in [-0.25, -0.2) is 9.07 Å². The van der Waals surface area contributed by atoms with Crippen LogP contribution in [0.3, 0.4) is 0 Å². The molecular formula is C25H24FN5O3. The Morgan fingerprint density at radius 2 is 1.82 bits per heavy atom. The van der Waals surface area contributed by atoms with E-state index in [9.17, 15) is 14.0 Å². The third-order valence-corrected chi connectivity index (χ3v) is 5.29. The van der Waals surface area contributed by atoms with Gasteiger partial charge in [-0.3, -0.25) is 14.5 Å². The Hall–Kier alpha value is -4.11. The predicted molar refractivity (Wildman–Crippen MR) is 125 cm³/mol. The van der Waals surface area contributed by atoms with Gasteiger partial charge in [-0.1, -0.05) is 53.7 Å². The molecule has 0 aliphatic carbocycles. The number of rotatable bonds is 9. The quantitative estimate of drug-likeness (QED) is 0.387. The molecule has 1 unspecified atom stereocenters. The number of carbonyl (C=O) groups is 2. The smallest absolute Gasteiger partial charge is 0.249 e. The maximum atomic E-state index is 14.2. The summed E-state index contributed by atoms with van der Waals surface area (Å²) >= 11 is 0. The Kier molecular flexibility index (Phi) is 7.24. The van der Waals surface area contributed by atoms with Gasteiger partial charge in [0.1, 0.15) is 23.9 Å². The predicted octanol–water partition coefficient (Wildman–Crippen LogP) is 3.11. The van der Waals surface area contributed by atoms with Crippen LogP contribution in [0, 0.1) is 5.82 Å². The second-order valence-electron chi connectivity index (χ2n) is 7.58. The summed E-state index contributed by atoms with van der Waals surface area (Å²) in [4.78, 5) is 28.4. The van der Waals surface area contributed by atoms with E-state index >= 15 is 0 Å². The number of halogens is 1. The van der Waals surface area contributed by atoms with Crippen LogP contribution in [0.5, 0.6) is 0 Å². The van der Waals surface area contributed by atoms with Gasteiger partial charge in [0.2, 0.25) is 11.8 Å². The molecule has 1 N–H and O–H groups in total. The van der Waals surface area contributed by atoms with Crippen molar-refractivity contribution >= 4 is 28.5 Å². The van der Waals surface area contributed by atoms with Crippen molar-refractivity contribution in [3.05, 3.63) is 90.2 Å². The van der Waals surface area contributed by atoms with Crippen molar-refractivity contribution in [3.63, 3.8) is 0 Å². The number of hydrogen-bond acceptors (Lipinski definition) is 5. The monoisotopic (exact) mass is 461 g/mol. The van der Waals surface area contributed by atoms with Crippen molar-refractivity contribution in [2.24, 2.45) is 0 Å². The van der Waals surface area contributed by atoms with E-state index < -0.39 is 23.7 Å². The molecule has 34 heavy (non-hydrogen) atoms. The summed E-state index contributed by atoms with van der Waals surface area (Å²) < 4.78 is 20.7. The molecule has 0 aliphatic rings. The molecule has 0 saturated heterocycles. The molecule has 0 fully saturated rings. The molecule has 174 valence electrons. The Morgan fingerprint density at radius 1 is 1.06 bits per heavy atom. The van der Waals surface area contributed by atoms with Crippen LogP contribution in [0.25, 0.3) is 11.0 Å². The van der Waals surface area contributed by atoms with Gasteiger partial charge in [-0.15, -0.1) is 5.10 Å². The van der Waals surface area contributed by atoms with Gasteiger partial charge in [0, 0.05) is 19.3 Å². The lowest BCUT2D eigenvalue weighted by Gasteiger charge is -2.31. The molecule has 1 heterocycles. The minimum atomic E-state index is -1.04. The molecule has 1 aromatic heterocycles. The van der Waals surface area contributed by atoms with Crippen LogP contribution in [0.2, 0.25) is 0 Å². The second-order valence-corrected chi connectivity index (χ2v) is 7.58. The second kappa shape index (κ2) is 10.7. The number of methoxy groups -OCH3 is 1. The highest BCUT2D eigenvalue weighted by atomic mass is 19.1. The lowest BCUT2D eigenvalue weighted by Crippen LogP contribution is -2.46. The number of hydrogen-bond donors (Lipinski definition) is 1. The largest absolute Gasteiger partial charge is 0.383 e. The van der Waals surface area contributed by atoms with Gasteiger partial charge in [0.25, 0.3) is 0 Å². The van der Waals surface area contributed by atoms with Crippen molar-refractivity contribution in [3.8, 4) is 0 Å². The minimum absolute atomic E-state index is 0.189. The van der Waals surface area contributed by atoms with Crippen LogP contribution in [-0.2, 0) is 20.9 Å². The lowest BCUT2D eigenvalue weighted by atomic mass is 10.0. The van der Waals surface area contributed by atoms with E-state index in [1.165, 1.54) is 34.9 Å². The first-order chi connectivity index (χ1) is 16.6. The van der Waals surface area contributed by atoms with E-state index in [0.717, 1.165) is 0 Å². The molecule has 0 saturated carbocycles. The van der Waals surface area contributed by atoms with Gasteiger partial charge in [-0.2, -0.15) is 0 Å². The van der Waals surface area contributed by atoms with Crippen LogP contribution in [0.4, 0.5) is 10.1 Å². The molecule has 0 spiro atoms. The standard InChI is InChI=1S/C25H24FN5O3/c1-34-15-14-27-25(33)24(18-8-3-2-4-9-18)31(20-11-7-10-19(26)16-20)23(32)17-30-22-13-6-5-12-21(22)28-29-30/h2-13,16,24H,14-15,17H2,1H3,(H,27,33). The highest BCUT2D eigenvalue weighted by Gasteiger charge is 2.33. The fraction of sp³-hybridized carbons (Fsp3) is 0.200. The third-order valence-electron chi connectivity index (χ3n) is 5.29. The molecule has 0 bridgehead atoms. The molecule has 8 nitrogen and oxygen atoms in total. The van der Waals surface area contributed by atoms with E-state index in [-0.39, 0.29) is 18.8 Å². The molecule has 4 aromatic rings. The van der Waals surface area contributed by atoms with Crippen LogP contribution in [-0.4, -0.2) is 47.1 Å². The SMILES string of the molecule is COCCNC(=O)C(c1ccccc1)N(C(=O)Cn1nnc2ccccc21)c1cccc(F)c1. The zero-order valence-corrected chi connectivity index (χ0v) is 18.6. The average molecular weight is 461 g/mol. The summed E-state index contributed by atoms with van der Waals surface area (Å²) in [6.45, 7) is 0.384. The first-order valence-electron chi connectivity index (χ1n) is 10.8. The highest BCUT2D eigenvalue weighted by Crippen LogP contribution is 2.29. The van der Waals surface area contributed by atoms with Crippen molar-refractivity contribution in [2.45, 2.75) is 12.6 Å². The fourth-order valence-corrected chi connectivity index (χ4v) is 3.73. The van der Waals surface area contributed by atoms with Crippen molar-refractivity contribution < 1.29 is 18.7 Å². The average Bonchev–Trinajstić information content (AvgIpc) is 3.25. The molecular weight excluding hydrogens is 437 g/mol. The van der Waals surface area contributed by atoms with Gasteiger partial charge >= 0.3 is 0 Å². The van der Waals surface area contributed by atoms with Gasteiger partial charge in [0.05, 0.1) is 12.1 Å². The first kappa shape index (κ1) is 23.1. The van der Waals surface area contributed by atoms with E-state index in [2.05, 4.69) is 15.6 Å².